The summed E-state index contributed by atoms with van der Waals surface area (Å²) in [4.78, 5) is 38.0. The Balaban J connectivity index is 1.54. The Morgan fingerprint density at radius 3 is 2.44 bits per heavy atom. The van der Waals surface area contributed by atoms with Crippen LogP contribution < -0.4 is 10.9 Å². The Morgan fingerprint density at radius 1 is 0.963 bits per heavy atom. The van der Waals surface area contributed by atoms with Crippen LogP contribution in [0.1, 0.15) is 24.1 Å². The smallest absolute Gasteiger partial charge is 0.324 e. The van der Waals surface area contributed by atoms with Crippen LogP contribution in [0.4, 0.5) is 4.79 Å². The molecule has 1 atom stereocenters. The number of imide groups is 1. The zero-order chi connectivity index (χ0) is 19.2. The van der Waals surface area contributed by atoms with Crippen molar-refractivity contribution in [2.45, 2.75) is 32.7 Å². The summed E-state index contributed by atoms with van der Waals surface area (Å²) < 4.78 is 1.72. The lowest BCUT2D eigenvalue weighted by molar-refractivity contribution is -0.133. The number of nitrogens with one attached hydrogen (secondary N) is 1. The lowest BCUT2D eigenvalue weighted by Crippen LogP contribution is -2.55. The third-order valence-electron chi connectivity index (χ3n) is 4.97. The summed E-state index contributed by atoms with van der Waals surface area (Å²) in [6.45, 7) is 3.23. The molecule has 1 aromatic carbocycles. The first kappa shape index (κ1) is 18.9. The molecule has 0 bridgehead atoms. The van der Waals surface area contributed by atoms with Crippen molar-refractivity contribution in [1.82, 2.24) is 14.8 Å². The molecule has 6 heteroatoms. The van der Waals surface area contributed by atoms with Gasteiger partial charge in [0.25, 0.3) is 5.56 Å². The highest BCUT2D eigenvalue weighted by Gasteiger charge is 2.33. The van der Waals surface area contributed by atoms with Gasteiger partial charge in [0.2, 0.25) is 5.91 Å². The van der Waals surface area contributed by atoms with Crippen LogP contribution in [0.25, 0.3) is 0 Å². The van der Waals surface area contributed by atoms with Crippen LogP contribution in [0.3, 0.4) is 0 Å². The van der Waals surface area contributed by atoms with E-state index >= 15 is 0 Å². The van der Waals surface area contributed by atoms with Gasteiger partial charge < -0.3 is 9.88 Å². The van der Waals surface area contributed by atoms with Crippen LogP contribution in [0, 0.1) is 12.8 Å². The molecule has 0 saturated carbocycles. The van der Waals surface area contributed by atoms with Crippen LogP contribution in [0.5, 0.6) is 0 Å². The lowest BCUT2D eigenvalue weighted by Gasteiger charge is -2.31. The van der Waals surface area contributed by atoms with Gasteiger partial charge in [0, 0.05) is 31.4 Å². The van der Waals surface area contributed by atoms with Crippen molar-refractivity contribution >= 4 is 11.9 Å². The van der Waals surface area contributed by atoms with E-state index in [1.807, 2.05) is 43.3 Å². The van der Waals surface area contributed by atoms with E-state index in [2.05, 4.69) is 5.32 Å². The molecule has 27 heavy (non-hydrogen) atoms. The van der Waals surface area contributed by atoms with Crippen molar-refractivity contribution in [3.63, 3.8) is 0 Å². The second-order valence-electron chi connectivity index (χ2n) is 6.93. The number of carbonyl (C=O) groups is 2. The molecule has 1 aliphatic heterocycles. The zero-order valence-corrected chi connectivity index (χ0v) is 15.6. The Morgan fingerprint density at radius 2 is 1.70 bits per heavy atom. The van der Waals surface area contributed by atoms with E-state index in [1.54, 1.807) is 16.7 Å². The van der Waals surface area contributed by atoms with Crippen LogP contribution in [0.2, 0.25) is 0 Å². The van der Waals surface area contributed by atoms with E-state index in [1.165, 1.54) is 4.90 Å². The van der Waals surface area contributed by atoms with Crippen LogP contribution in [0.15, 0.2) is 53.3 Å². The predicted octanol–water partition coefficient (Wildman–Crippen LogP) is 2.35. The van der Waals surface area contributed by atoms with Gasteiger partial charge in [0.1, 0.15) is 0 Å². The van der Waals surface area contributed by atoms with Gasteiger partial charge in [0.05, 0.1) is 5.92 Å². The van der Waals surface area contributed by atoms with Crippen molar-refractivity contribution in [2.75, 3.05) is 13.1 Å². The molecule has 6 nitrogen and oxygen atoms in total. The first-order valence-electron chi connectivity index (χ1n) is 9.36. The summed E-state index contributed by atoms with van der Waals surface area (Å²) >= 11 is 0. The third kappa shape index (κ3) is 4.64. The molecule has 2 heterocycles. The minimum absolute atomic E-state index is 0.0234. The van der Waals surface area contributed by atoms with E-state index in [0.717, 1.165) is 17.7 Å². The highest BCUT2D eigenvalue weighted by Crippen LogP contribution is 2.16. The van der Waals surface area contributed by atoms with Gasteiger partial charge >= 0.3 is 6.03 Å². The summed E-state index contributed by atoms with van der Waals surface area (Å²) in [5.74, 6) is -0.347. The molecule has 3 rings (SSSR count). The molecule has 0 radical (unpaired) electrons. The van der Waals surface area contributed by atoms with Gasteiger partial charge in [-0.05, 0) is 37.8 Å². The van der Waals surface area contributed by atoms with E-state index in [0.29, 0.717) is 32.5 Å². The molecule has 3 amide bonds. The Kier molecular flexibility index (Phi) is 6.06. The number of hydrogen-bond donors (Lipinski definition) is 1. The van der Waals surface area contributed by atoms with E-state index < -0.39 is 0 Å². The number of carbonyl (C=O) groups excluding carboxylic acids is 2. The number of nitrogens with zero attached hydrogens (tertiary/aromatic N) is 2. The van der Waals surface area contributed by atoms with Gasteiger partial charge in [-0.2, -0.15) is 0 Å². The number of urea groups is 1. The van der Waals surface area contributed by atoms with Crippen molar-refractivity contribution in [3.05, 3.63) is 70.1 Å². The van der Waals surface area contributed by atoms with Gasteiger partial charge in [-0.1, -0.05) is 36.4 Å². The maximum Gasteiger partial charge on any atom is 0.324 e. The SMILES string of the molecule is Cc1cccc(=O)n1CCCCN1C(=O)NCC(Cc2ccccc2)C1=O. The summed E-state index contributed by atoms with van der Waals surface area (Å²) in [6.07, 6.45) is 2.01. The Labute approximate surface area is 158 Å². The number of rotatable bonds is 7. The number of amides is 3. The van der Waals surface area contributed by atoms with E-state index in [-0.39, 0.29) is 23.4 Å². The first-order chi connectivity index (χ1) is 13.1. The first-order valence-corrected chi connectivity index (χ1v) is 9.36. The third-order valence-corrected chi connectivity index (χ3v) is 4.97. The van der Waals surface area contributed by atoms with Crippen LogP contribution in [-0.4, -0.2) is 34.5 Å². The molecule has 142 valence electrons. The lowest BCUT2D eigenvalue weighted by atomic mass is 9.96. The summed E-state index contributed by atoms with van der Waals surface area (Å²) in [5.41, 5.74) is 1.98. The van der Waals surface area contributed by atoms with E-state index in [4.69, 9.17) is 0 Å². The van der Waals surface area contributed by atoms with Gasteiger partial charge in [0.15, 0.2) is 0 Å². The normalized spacial score (nSPS) is 17.1. The van der Waals surface area contributed by atoms with Crippen molar-refractivity contribution in [1.29, 1.82) is 0 Å². The number of hydrogen-bond acceptors (Lipinski definition) is 3. The number of aryl methyl sites for hydroxylation is 1. The highest BCUT2D eigenvalue weighted by molar-refractivity contribution is 5.98. The minimum atomic E-state index is -0.322. The average molecular weight is 367 g/mol. The molecule has 1 aromatic heterocycles. The Bertz CT molecular complexity index is 860. The van der Waals surface area contributed by atoms with Gasteiger partial charge in [-0.25, -0.2) is 4.79 Å². The van der Waals surface area contributed by atoms with Crippen molar-refractivity contribution < 1.29 is 9.59 Å². The number of unbranched alkanes of at least 4 members (excludes halogenated alkanes) is 1. The van der Waals surface area contributed by atoms with Crippen LogP contribution in [-0.2, 0) is 17.8 Å². The fourth-order valence-corrected chi connectivity index (χ4v) is 3.43. The maximum absolute atomic E-state index is 12.7. The maximum atomic E-state index is 12.7. The second kappa shape index (κ2) is 8.66. The number of aromatic nitrogens is 1. The molecule has 1 fully saturated rings. The predicted molar refractivity (Wildman–Crippen MR) is 103 cm³/mol. The number of pyridine rings is 1. The summed E-state index contributed by atoms with van der Waals surface area (Å²) in [7, 11) is 0. The fraction of sp³-hybridized carbons (Fsp3) is 0.381. The molecule has 2 aromatic rings. The second-order valence-corrected chi connectivity index (χ2v) is 6.93. The fourth-order valence-electron chi connectivity index (χ4n) is 3.43. The van der Waals surface area contributed by atoms with Gasteiger partial charge in [-0.15, -0.1) is 0 Å². The standard InChI is InChI=1S/C21H25N3O3/c1-16-8-7-11-19(25)23(16)12-5-6-13-24-20(26)18(15-22-21(24)27)14-17-9-3-2-4-10-17/h2-4,7-11,18H,5-6,12-15H2,1H3,(H,22,27). The van der Waals surface area contributed by atoms with Crippen molar-refractivity contribution in [2.24, 2.45) is 5.92 Å². The minimum Gasteiger partial charge on any atom is -0.337 e. The Hall–Kier alpha value is -2.89. The largest absolute Gasteiger partial charge is 0.337 e. The number of benzene rings is 1. The molecule has 0 spiro atoms. The molecule has 0 aliphatic carbocycles. The quantitative estimate of drug-likeness (QED) is 0.764. The van der Waals surface area contributed by atoms with E-state index in [9.17, 15) is 14.4 Å². The zero-order valence-electron chi connectivity index (χ0n) is 15.6. The average Bonchev–Trinajstić information content (AvgIpc) is 2.66. The van der Waals surface area contributed by atoms with Crippen LogP contribution >= 0.6 is 0 Å². The monoisotopic (exact) mass is 367 g/mol. The molecular weight excluding hydrogens is 342 g/mol. The molecule has 1 aliphatic rings. The molecule has 1 unspecified atom stereocenters. The van der Waals surface area contributed by atoms with Gasteiger partial charge in [-0.3, -0.25) is 14.5 Å². The topological polar surface area (TPSA) is 71.4 Å². The molecule has 1 N–H and O–H groups in total. The summed E-state index contributed by atoms with van der Waals surface area (Å²) in [6, 6.07) is 14.7. The van der Waals surface area contributed by atoms with Crippen molar-refractivity contribution in [3.8, 4) is 0 Å². The molecule has 1 saturated heterocycles. The highest BCUT2D eigenvalue weighted by atomic mass is 16.2. The summed E-state index contributed by atoms with van der Waals surface area (Å²) in [5, 5.41) is 2.82. The molecular formula is C21H25N3O3.